The second-order valence-corrected chi connectivity index (χ2v) is 5.87. The molecule has 17 heavy (non-hydrogen) atoms. The molecule has 0 aliphatic carbocycles. The van der Waals surface area contributed by atoms with Crippen LogP contribution in [0, 0.1) is 0 Å². The van der Waals surface area contributed by atoms with E-state index in [1.165, 1.54) is 23.5 Å². The third-order valence-corrected chi connectivity index (χ3v) is 4.63. The van der Waals surface area contributed by atoms with Crippen molar-refractivity contribution in [3.05, 3.63) is 48.5 Å². The maximum atomic E-state index is 12.2. The van der Waals surface area contributed by atoms with E-state index >= 15 is 0 Å². The van der Waals surface area contributed by atoms with E-state index in [0.717, 1.165) is 4.47 Å². The van der Waals surface area contributed by atoms with Crippen molar-refractivity contribution in [3.63, 3.8) is 0 Å². The molecule has 0 aliphatic heterocycles. The minimum Gasteiger partial charge on any atom is -0.396 e. The minimum atomic E-state index is -0.129. The van der Waals surface area contributed by atoms with Gasteiger partial charge in [0.1, 0.15) is 0 Å². The number of thiophene rings is 1. The number of nitrogens with two attached hydrogens (primary N) is 1. The third-order valence-electron chi connectivity index (χ3n) is 2.16. The quantitative estimate of drug-likeness (QED) is 0.633. The Morgan fingerprint density at radius 1 is 1.29 bits per heavy atom. The Balaban J connectivity index is 2.49. The molecule has 2 rings (SSSR count). The van der Waals surface area contributed by atoms with Crippen LogP contribution in [0.15, 0.2) is 28.1 Å². The molecule has 0 amide bonds. The zero-order valence-electron chi connectivity index (χ0n) is 8.34. The van der Waals surface area contributed by atoms with Crippen LogP contribution in [0.5, 0.6) is 0 Å². The summed E-state index contributed by atoms with van der Waals surface area (Å²) >= 11 is 16.5. The standard InChI is InChI=1S/C11H6BrCl2NOS/c12-6-1-2-17-11(6)10(16)5-3-7(13)9(15)8(14)4-5/h1-4H,15H2. The highest BCUT2D eigenvalue weighted by Gasteiger charge is 2.16. The van der Waals surface area contributed by atoms with Gasteiger partial charge in [-0.15, -0.1) is 11.3 Å². The van der Waals surface area contributed by atoms with E-state index in [0.29, 0.717) is 10.4 Å². The van der Waals surface area contributed by atoms with Crippen LogP contribution in [0.2, 0.25) is 10.0 Å². The molecule has 2 aromatic rings. The fraction of sp³-hybridized carbons (Fsp3) is 0. The molecule has 0 aliphatic rings. The summed E-state index contributed by atoms with van der Waals surface area (Å²) in [6, 6.07) is 4.87. The Labute approximate surface area is 120 Å². The van der Waals surface area contributed by atoms with Gasteiger partial charge in [0.15, 0.2) is 0 Å². The fourth-order valence-corrected chi connectivity index (χ4v) is 3.30. The number of hydrogen-bond acceptors (Lipinski definition) is 3. The van der Waals surface area contributed by atoms with E-state index < -0.39 is 0 Å². The molecule has 0 atom stereocenters. The van der Waals surface area contributed by atoms with Gasteiger partial charge in [-0.3, -0.25) is 4.79 Å². The Bertz CT molecular complexity index is 574. The smallest absolute Gasteiger partial charge is 0.204 e. The van der Waals surface area contributed by atoms with E-state index in [4.69, 9.17) is 28.9 Å². The van der Waals surface area contributed by atoms with Crippen LogP contribution in [-0.2, 0) is 0 Å². The number of anilines is 1. The summed E-state index contributed by atoms with van der Waals surface area (Å²) in [5, 5.41) is 2.40. The predicted octanol–water partition coefficient (Wildman–Crippen LogP) is 4.63. The molecule has 88 valence electrons. The fourth-order valence-electron chi connectivity index (χ4n) is 1.30. The number of carbonyl (C=O) groups is 1. The van der Waals surface area contributed by atoms with Crippen molar-refractivity contribution < 1.29 is 4.79 Å². The van der Waals surface area contributed by atoms with Crippen LogP contribution in [-0.4, -0.2) is 5.78 Å². The second kappa shape index (κ2) is 4.98. The summed E-state index contributed by atoms with van der Waals surface area (Å²) in [5.74, 6) is -0.129. The SMILES string of the molecule is Nc1c(Cl)cc(C(=O)c2sccc2Br)cc1Cl. The second-order valence-electron chi connectivity index (χ2n) is 3.28. The van der Waals surface area contributed by atoms with Crippen LogP contribution in [0.1, 0.15) is 15.2 Å². The largest absolute Gasteiger partial charge is 0.396 e. The molecule has 2 nitrogen and oxygen atoms in total. The first kappa shape index (κ1) is 12.9. The predicted molar refractivity (Wildman–Crippen MR) is 76.3 cm³/mol. The average molecular weight is 351 g/mol. The van der Waals surface area contributed by atoms with E-state index in [-0.39, 0.29) is 21.5 Å². The summed E-state index contributed by atoms with van der Waals surface area (Å²) in [7, 11) is 0. The Morgan fingerprint density at radius 2 is 1.88 bits per heavy atom. The number of benzene rings is 1. The molecule has 0 bridgehead atoms. The van der Waals surface area contributed by atoms with Gasteiger partial charge in [-0.1, -0.05) is 23.2 Å². The summed E-state index contributed by atoms with van der Waals surface area (Å²) in [4.78, 5) is 12.8. The number of ketones is 1. The van der Waals surface area contributed by atoms with E-state index in [1.807, 2.05) is 11.4 Å². The van der Waals surface area contributed by atoms with Crippen LogP contribution in [0.4, 0.5) is 5.69 Å². The van der Waals surface area contributed by atoms with Crippen molar-refractivity contribution in [3.8, 4) is 0 Å². The molecule has 1 heterocycles. The molecule has 6 heteroatoms. The Hall–Kier alpha value is -0.550. The number of rotatable bonds is 2. The van der Waals surface area contributed by atoms with Gasteiger partial charge in [0.05, 0.1) is 20.6 Å². The van der Waals surface area contributed by atoms with Crippen molar-refractivity contribution in [2.45, 2.75) is 0 Å². The number of carbonyl (C=O) groups excluding carboxylic acids is 1. The summed E-state index contributed by atoms with van der Waals surface area (Å²) < 4.78 is 0.761. The molecular formula is C11H6BrCl2NOS. The summed E-state index contributed by atoms with van der Waals surface area (Å²) in [6.45, 7) is 0. The number of nitrogen functional groups attached to an aromatic ring is 1. The van der Waals surface area contributed by atoms with Gasteiger partial charge in [-0.05, 0) is 39.5 Å². The molecule has 1 aromatic carbocycles. The number of halogens is 3. The molecule has 0 fully saturated rings. The van der Waals surface area contributed by atoms with E-state index in [1.54, 1.807) is 0 Å². The lowest BCUT2D eigenvalue weighted by atomic mass is 10.1. The molecule has 0 unspecified atom stereocenters. The van der Waals surface area contributed by atoms with Crippen LogP contribution >= 0.6 is 50.5 Å². The molecule has 0 radical (unpaired) electrons. The first-order valence-electron chi connectivity index (χ1n) is 4.53. The van der Waals surface area contributed by atoms with Crippen LogP contribution in [0.25, 0.3) is 0 Å². The monoisotopic (exact) mass is 349 g/mol. The highest BCUT2D eigenvalue weighted by Crippen LogP contribution is 2.32. The zero-order valence-corrected chi connectivity index (χ0v) is 12.3. The number of hydrogen-bond donors (Lipinski definition) is 1. The lowest BCUT2D eigenvalue weighted by Gasteiger charge is -2.05. The first-order valence-corrected chi connectivity index (χ1v) is 6.95. The van der Waals surface area contributed by atoms with Crippen molar-refractivity contribution in [1.82, 2.24) is 0 Å². The Morgan fingerprint density at radius 3 is 2.35 bits per heavy atom. The van der Waals surface area contributed by atoms with Crippen molar-refractivity contribution in [2.24, 2.45) is 0 Å². The van der Waals surface area contributed by atoms with E-state index in [9.17, 15) is 4.79 Å². The van der Waals surface area contributed by atoms with Gasteiger partial charge in [-0.25, -0.2) is 0 Å². The topological polar surface area (TPSA) is 43.1 Å². The lowest BCUT2D eigenvalue weighted by Crippen LogP contribution is -2.01. The highest BCUT2D eigenvalue weighted by molar-refractivity contribution is 9.10. The Kier molecular flexibility index (Phi) is 3.78. The highest BCUT2D eigenvalue weighted by atomic mass is 79.9. The molecule has 1 aromatic heterocycles. The van der Waals surface area contributed by atoms with E-state index in [2.05, 4.69) is 15.9 Å². The minimum absolute atomic E-state index is 0.129. The van der Waals surface area contributed by atoms with Gasteiger partial charge in [0.25, 0.3) is 0 Å². The van der Waals surface area contributed by atoms with Gasteiger partial charge in [-0.2, -0.15) is 0 Å². The summed E-state index contributed by atoms with van der Waals surface area (Å²) in [6.07, 6.45) is 0. The van der Waals surface area contributed by atoms with Crippen LogP contribution < -0.4 is 5.73 Å². The first-order chi connectivity index (χ1) is 8.00. The maximum Gasteiger partial charge on any atom is 0.204 e. The van der Waals surface area contributed by atoms with Gasteiger partial charge in [0.2, 0.25) is 5.78 Å². The normalized spacial score (nSPS) is 10.5. The molecule has 2 N–H and O–H groups in total. The van der Waals surface area contributed by atoms with Crippen molar-refractivity contribution in [1.29, 1.82) is 0 Å². The van der Waals surface area contributed by atoms with Crippen molar-refractivity contribution in [2.75, 3.05) is 5.73 Å². The van der Waals surface area contributed by atoms with Crippen LogP contribution in [0.3, 0.4) is 0 Å². The molecule has 0 saturated carbocycles. The third kappa shape index (κ3) is 2.50. The van der Waals surface area contributed by atoms with Crippen molar-refractivity contribution >= 4 is 61.9 Å². The van der Waals surface area contributed by atoms with Gasteiger partial charge >= 0.3 is 0 Å². The molecular weight excluding hydrogens is 345 g/mol. The zero-order chi connectivity index (χ0) is 12.6. The summed E-state index contributed by atoms with van der Waals surface area (Å²) in [5.41, 5.74) is 6.33. The van der Waals surface area contributed by atoms with Gasteiger partial charge in [0, 0.05) is 10.0 Å². The average Bonchev–Trinajstić information content (AvgIpc) is 2.70. The molecule has 0 spiro atoms. The maximum absolute atomic E-state index is 12.2. The van der Waals surface area contributed by atoms with Gasteiger partial charge < -0.3 is 5.73 Å². The lowest BCUT2D eigenvalue weighted by molar-refractivity contribution is 0.104. The molecule has 0 saturated heterocycles.